The van der Waals surface area contributed by atoms with Gasteiger partial charge < -0.3 is 0 Å². The van der Waals surface area contributed by atoms with Crippen molar-refractivity contribution >= 4 is 0 Å². The minimum atomic E-state index is 0.447. The number of benzene rings is 1. The third-order valence-electron chi connectivity index (χ3n) is 2.36. The van der Waals surface area contributed by atoms with E-state index in [2.05, 4.69) is 31.2 Å². The molecule has 72 valence electrons. The lowest BCUT2D eigenvalue weighted by atomic mass is 10.0. The Balaban J connectivity index is 2.57. The Morgan fingerprint density at radius 3 is 2.38 bits per heavy atom. The maximum atomic E-state index is 5.73. The molecule has 0 aliphatic rings. The highest BCUT2D eigenvalue weighted by molar-refractivity contribution is 5.15. The average Bonchev–Trinajstić information content (AvgIpc) is 2.15. The monoisotopic (exact) mass is 178 g/mol. The summed E-state index contributed by atoms with van der Waals surface area (Å²) in [6.07, 6.45) is 2.12. The van der Waals surface area contributed by atoms with E-state index in [-0.39, 0.29) is 0 Å². The molecule has 1 unspecified atom stereocenters. The van der Waals surface area contributed by atoms with Gasteiger partial charge in [0.15, 0.2) is 0 Å². The molecule has 0 bridgehead atoms. The lowest BCUT2D eigenvalue weighted by Crippen LogP contribution is -2.38. The topological polar surface area (TPSA) is 29.3 Å². The largest absolute Gasteiger partial charge is 0.269 e. The number of hydrogen-bond acceptors (Lipinski definition) is 2. The quantitative estimate of drug-likeness (QED) is 0.563. The summed E-state index contributed by atoms with van der Waals surface area (Å²) in [4.78, 5) is 0. The molecule has 0 amide bonds. The standard InChI is InChI=1S/C11H18N2/c1-3-11(13(2)12)9-10-7-5-4-6-8-10/h4-8,11H,3,9,12H2,1-2H3. The van der Waals surface area contributed by atoms with Crippen molar-refractivity contribution in [2.24, 2.45) is 5.84 Å². The fourth-order valence-electron chi connectivity index (χ4n) is 1.46. The molecule has 0 saturated heterocycles. The molecule has 2 nitrogen and oxygen atoms in total. The number of likely N-dealkylation sites (N-methyl/N-ethyl adjacent to an activating group) is 1. The summed E-state index contributed by atoms with van der Waals surface area (Å²) >= 11 is 0. The van der Waals surface area contributed by atoms with Crippen molar-refractivity contribution in [3.63, 3.8) is 0 Å². The first-order valence-electron chi connectivity index (χ1n) is 4.75. The molecule has 2 heteroatoms. The Bertz CT molecular complexity index is 231. The SMILES string of the molecule is CCC(Cc1ccccc1)N(C)N. The van der Waals surface area contributed by atoms with E-state index in [1.165, 1.54) is 5.56 Å². The first-order valence-corrected chi connectivity index (χ1v) is 4.75. The van der Waals surface area contributed by atoms with Gasteiger partial charge in [0.05, 0.1) is 0 Å². The zero-order chi connectivity index (χ0) is 9.68. The van der Waals surface area contributed by atoms with Crippen molar-refractivity contribution < 1.29 is 0 Å². The molecular formula is C11H18N2. The first-order chi connectivity index (χ1) is 6.24. The van der Waals surface area contributed by atoms with E-state index in [0.717, 1.165) is 12.8 Å². The lowest BCUT2D eigenvalue weighted by molar-refractivity contribution is 0.241. The normalized spacial score (nSPS) is 13.2. The Morgan fingerprint density at radius 1 is 1.31 bits per heavy atom. The third-order valence-corrected chi connectivity index (χ3v) is 2.36. The van der Waals surface area contributed by atoms with Gasteiger partial charge in [0.25, 0.3) is 0 Å². The Labute approximate surface area is 80.3 Å². The number of hydrazine groups is 1. The van der Waals surface area contributed by atoms with Gasteiger partial charge in [-0.3, -0.25) is 5.84 Å². The molecule has 0 aliphatic carbocycles. The molecule has 0 aromatic heterocycles. The summed E-state index contributed by atoms with van der Waals surface area (Å²) < 4.78 is 0. The second kappa shape index (κ2) is 5.00. The fourth-order valence-corrected chi connectivity index (χ4v) is 1.46. The molecule has 1 aromatic rings. The summed E-state index contributed by atoms with van der Waals surface area (Å²) in [5.74, 6) is 5.73. The van der Waals surface area contributed by atoms with Gasteiger partial charge in [-0.05, 0) is 18.4 Å². The van der Waals surface area contributed by atoms with E-state index in [1.54, 1.807) is 5.01 Å². The Hall–Kier alpha value is -0.860. The van der Waals surface area contributed by atoms with Crippen LogP contribution >= 0.6 is 0 Å². The van der Waals surface area contributed by atoms with Crippen LogP contribution < -0.4 is 5.84 Å². The van der Waals surface area contributed by atoms with Gasteiger partial charge in [0.1, 0.15) is 0 Å². The van der Waals surface area contributed by atoms with Crippen LogP contribution in [-0.2, 0) is 6.42 Å². The van der Waals surface area contributed by atoms with Gasteiger partial charge in [-0.1, -0.05) is 37.3 Å². The maximum absolute atomic E-state index is 5.73. The van der Waals surface area contributed by atoms with Gasteiger partial charge in [-0.15, -0.1) is 0 Å². The highest BCUT2D eigenvalue weighted by Gasteiger charge is 2.09. The maximum Gasteiger partial charge on any atom is 0.0275 e. The zero-order valence-corrected chi connectivity index (χ0v) is 8.40. The molecule has 1 atom stereocenters. The van der Waals surface area contributed by atoms with Crippen molar-refractivity contribution in [1.82, 2.24) is 5.01 Å². The fraction of sp³-hybridized carbons (Fsp3) is 0.455. The zero-order valence-electron chi connectivity index (χ0n) is 8.40. The molecule has 0 heterocycles. The Morgan fingerprint density at radius 2 is 1.92 bits per heavy atom. The molecule has 0 aliphatic heterocycles. The molecular weight excluding hydrogens is 160 g/mol. The van der Waals surface area contributed by atoms with Crippen molar-refractivity contribution in [1.29, 1.82) is 0 Å². The number of hydrogen-bond donors (Lipinski definition) is 1. The second-order valence-electron chi connectivity index (χ2n) is 3.42. The average molecular weight is 178 g/mol. The summed E-state index contributed by atoms with van der Waals surface area (Å²) in [5.41, 5.74) is 1.35. The van der Waals surface area contributed by atoms with E-state index < -0.39 is 0 Å². The van der Waals surface area contributed by atoms with Crippen LogP contribution in [0.1, 0.15) is 18.9 Å². The number of rotatable bonds is 4. The molecule has 0 fully saturated rings. The molecule has 2 N–H and O–H groups in total. The van der Waals surface area contributed by atoms with Crippen LogP contribution in [0.25, 0.3) is 0 Å². The van der Waals surface area contributed by atoms with Crippen LogP contribution in [0.15, 0.2) is 30.3 Å². The minimum absolute atomic E-state index is 0.447. The van der Waals surface area contributed by atoms with Gasteiger partial charge >= 0.3 is 0 Å². The second-order valence-corrected chi connectivity index (χ2v) is 3.42. The summed E-state index contributed by atoms with van der Waals surface area (Å²) in [6, 6.07) is 10.9. The Kier molecular flexibility index (Phi) is 3.93. The third kappa shape index (κ3) is 3.17. The lowest BCUT2D eigenvalue weighted by Gasteiger charge is -2.22. The minimum Gasteiger partial charge on any atom is -0.269 e. The predicted octanol–water partition coefficient (Wildman–Crippen LogP) is 1.81. The van der Waals surface area contributed by atoms with Crippen molar-refractivity contribution in [2.75, 3.05) is 7.05 Å². The van der Waals surface area contributed by atoms with E-state index in [0.29, 0.717) is 6.04 Å². The van der Waals surface area contributed by atoms with E-state index in [4.69, 9.17) is 5.84 Å². The summed E-state index contributed by atoms with van der Waals surface area (Å²) in [6.45, 7) is 2.16. The molecule has 1 rings (SSSR count). The van der Waals surface area contributed by atoms with Crippen LogP contribution in [0.5, 0.6) is 0 Å². The van der Waals surface area contributed by atoms with Crippen molar-refractivity contribution in [3.8, 4) is 0 Å². The van der Waals surface area contributed by atoms with Crippen LogP contribution in [0.2, 0.25) is 0 Å². The molecule has 0 spiro atoms. The van der Waals surface area contributed by atoms with Crippen LogP contribution in [0, 0.1) is 0 Å². The van der Waals surface area contributed by atoms with Gasteiger partial charge in [0.2, 0.25) is 0 Å². The number of nitrogens with zero attached hydrogens (tertiary/aromatic N) is 1. The van der Waals surface area contributed by atoms with Crippen LogP contribution in [0.4, 0.5) is 0 Å². The van der Waals surface area contributed by atoms with Crippen molar-refractivity contribution in [2.45, 2.75) is 25.8 Å². The molecule has 0 saturated carbocycles. The first kappa shape index (κ1) is 10.2. The van der Waals surface area contributed by atoms with Crippen LogP contribution in [-0.4, -0.2) is 18.1 Å². The van der Waals surface area contributed by atoms with Gasteiger partial charge in [0, 0.05) is 13.1 Å². The highest BCUT2D eigenvalue weighted by Crippen LogP contribution is 2.07. The van der Waals surface area contributed by atoms with Crippen LogP contribution in [0.3, 0.4) is 0 Å². The van der Waals surface area contributed by atoms with E-state index in [1.807, 2.05) is 13.1 Å². The highest BCUT2D eigenvalue weighted by atomic mass is 15.4. The molecule has 0 radical (unpaired) electrons. The molecule has 13 heavy (non-hydrogen) atoms. The van der Waals surface area contributed by atoms with Gasteiger partial charge in [-0.2, -0.15) is 0 Å². The van der Waals surface area contributed by atoms with E-state index in [9.17, 15) is 0 Å². The molecule has 1 aromatic carbocycles. The van der Waals surface area contributed by atoms with Crippen molar-refractivity contribution in [3.05, 3.63) is 35.9 Å². The van der Waals surface area contributed by atoms with Gasteiger partial charge in [-0.25, -0.2) is 5.01 Å². The summed E-state index contributed by atoms with van der Waals surface area (Å²) in [7, 11) is 1.93. The summed E-state index contributed by atoms with van der Waals surface area (Å²) in [5, 5.41) is 1.80. The van der Waals surface area contributed by atoms with E-state index >= 15 is 0 Å². The smallest absolute Gasteiger partial charge is 0.0275 e. The number of nitrogens with two attached hydrogens (primary N) is 1. The predicted molar refractivity (Wildman–Crippen MR) is 56.2 cm³/mol.